The van der Waals surface area contributed by atoms with E-state index < -0.39 is 11.0 Å². The molecule has 22 heavy (non-hydrogen) atoms. The standard InChI is InChI=1S/C14H24N4O4/c1-16(12-4-2-11(10-19)3-5-12)8-14(20)9-17-7-13(6-15-17)18(21)22/h6-7,11-12,14,19-20H,2-5,8-10H2,1H3. The van der Waals surface area contributed by atoms with Crippen molar-refractivity contribution in [3.05, 3.63) is 22.5 Å². The Morgan fingerprint density at radius 1 is 1.50 bits per heavy atom. The quantitative estimate of drug-likeness (QED) is 0.565. The number of aliphatic hydroxyl groups excluding tert-OH is 2. The van der Waals surface area contributed by atoms with Crippen molar-refractivity contribution in [2.45, 2.75) is 44.4 Å². The SMILES string of the molecule is CN(CC(O)Cn1cc([N+](=O)[O-])cn1)C1CCC(CO)CC1. The van der Waals surface area contributed by atoms with Crippen LogP contribution in [0, 0.1) is 16.0 Å². The Morgan fingerprint density at radius 3 is 2.73 bits per heavy atom. The number of nitrogens with zero attached hydrogens (tertiary/aromatic N) is 4. The van der Waals surface area contributed by atoms with Gasteiger partial charge in [0.25, 0.3) is 0 Å². The predicted molar refractivity (Wildman–Crippen MR) is 80.4 cm³/mol. The lowest BCUT2D eigenvalue weighted by Crippen LogP contribution is -2.41. The maximum Gasteiger partial charge on any atom is 0.306 e. The highest BCUT2D eigenvalue weighted by Gasteiger charge is 2.24. The van der Waals surface area contributed by atoms with Crippen LogP contribution in [0.1, 0.15) is 25.7 Å². The molecule has 1 aromatic heterocycles. The van der Waals surface area contributed by atoms with Crippen LogP contribution in [0.15, 0.2) is 12.4 Å². The second-order valence-corrected chi connectivity index (χ2v) is 6.13. The van der Waals surface area contributed by atoms with Gasteiger partial charge in [-0.3, -0.25) is 14.8 Å². The summed E-state index contributed by atoms with van der Waals surface area (Å²) in [4.78, 5) is 12.2. The maximum absolute atomic E-state index is 10.6. The molecular weight excluding hydrogens is 288 g/mol. The third-order valence-corrected chi connectivity index (χ3v) is 4.42. The molecule has 1 heterocycles. The Bertz CT molecular complexity index is 485. The minimum Gasteiger partial charge on any atom is -0.396 e. The van der Waals surface area contributed by atoms with Gasteiger partial charge in [-0.15, -0.1) is 0 Å². The van der Waals surface area contributed by atoms with Gasteiger partial charge in [0.05, 0.1) is 17.6 Å². The Hall–Kier alpha value is -1.51. The zero-order chi connectivity index (χ0) is 16.1. The number of rotatable bonds is 7. The molecule has 1 aliphatic rings. The van der Waals surface area contributed by atoms with Gasteiger partial charge in [0.2, 0.25) is 0 Å². The van der Waals surface area contributed by atoms with Crippen LogP contribution in [-0.4, -0.2) is 62.2 Å². The Morgan fingerprint density at radius 2 is 2.18 bits per heavy atom. The largest absolute Gasteiger partial charge is 0.396 e. The highest BCUT2D eigenvalue weighted by Crippen LogP contribution is 2.26. The van der Waals surface area contributed by atoms with Crippen LogP contribution >= 0.6 is 0 Å². The van der Waals surface area contributed by atoms with Gasteiger partial charge >= 0.3 is 5.69 Å². The van der Waals surface area contributed by atoms with Crippen molar-refractivity contribution < 1.29 is 15.1 Å². The molecule has 1 unspecified atom stereocenters. The van der Waals surface area contributed by atoms with Gasteiger partial charge in [-0.2, -0.15) is 5.10 Å². The number of likely N-dealkylation sites (N-methyl/N-ethyl adjacent to an activating group) is 1. The zero-order valence-corrected chi connectivity index (χ0v) is 12.8. The molecule has 0 spiro atoms. The molecule has 2 rings (SSSR count). The fourth-order valence-electron chi connectivity index (χ4n) is 3.07. The van der Waals surface area contributed by atoms with Gasteiger partial charge in [-0.25, -0.2) is 0 Å². The molecule has 0 radical (unpaired) electrons. The number of aromatic nitrogens is 2. The minimum absolute atomic E-state index is 0.0668. The summed E-state index contributed by atoms with van der Waals surface area (Å²) < 4.78 is 1.40. The van der Waals surface area contributed by atoms with Gasteiger partial charge in [0.15, 0.2) is 0 Å². The summed E-state index contributed by atoms with van der Waals surface area (Å²) in [5.41, 5.74) is -0.0668. The van der Waals surface area contributed by atoms with Crippen LogP contribution in [0.3, 0.4) is 0 Å². The summed E-state index contributed by atoms with van der Waals surface area (Å²) in [6.07, 6.45) is 5.99. The fourth-order valence-corrected chi connectivity index (χ4v) is 3.07. The highest BCUT2D eigenvalue weighted by atomic mass is 16.6. The van der Waals surface area contributed by atoms with E-state index in [4.69, 9.17) is 5.11 Å². The van der Waals surface area contributed by atoms with E-state index in [9.17, 15) is 15.2 Å². The summed E-state index contributed by atoms with van der Waals surface area (Å²) in [7, 11) is 1.98. The Labute approximate surface area is 129 Å². The third-order valence-electron chi connectivity index (χ3n) is 4.42. The van der Waals surface area contributed by atoms with Crippen LogP contribution < -0.4 is 0 Å². The molecule has 2 N–H and O–H groups in total. The second kappa shape index (κ2) is 7.66. The van der Waals surface area contributed by atoms with E-state index in [0.717, 1.165) is 25.7 Å². The van der Waals surface area contributed by atoms with Crippen molar-refractivity contribution in [3.63, 3.8) is 0 Å². The molecule has 0 amide bonds. The lowest BCUT2D eigenvalue weighted by atomic mass is 9.86. The van der Waals surface area contributed by atoms with Crippen molar-refractivity contribution in [2.24, 2.45) is 5.92 Å². The van der Waals surface area contributed by atoms with Crippen LogP contribution in [0.2, 0.25) is 0 Å². The van der Waals surface area contributed by atoms with E-state index in [1.807, 2.05) is 7.05 Å². The molecular formula is C14H24N4O4. The highest BCUT2D eigenvalue weighted by molar-refractivity contribution is 5.20. The number of hydrogen-bond acceptors (Lipinski definition) is 6. The van der Waals surface area contributed by atoms with Crippen LogP contribution in [0.25, 0.3) is 0 Å². The molecule has 8 nitrogen and oxygen atoms in total. The summed E-state index contributed by atoms with van der Waals surface area (Å²) in [6, 6.07) is 0.421. The summed E-state index contributed by atoms with van der Waals surface area (Å²) in [5, 5.41) is 33.8. The predicted octanol–water partition coefficient (Wildman–Crippen LogP) is 0.635. The van der Waals surface area contributed by atoms with Crippen molar-refractivity contribution >= 4 is 5.69 Å². The molecule has 124 valence electrons. The molecule has 1 fully saturated rings. The van der Waals surface area contributed by atoms with Crippen molar-refractivity contribution in [2.75, 3.05) is 20.2 Å². The molecule has 1 aromatic rings. The van der Waals surface area contributed by atoms with Crippen molar-refractivity contribution in [1.82, 2.24) is 14.7 Å². The maximum atomic E-state index is 10.6. The Balaban J connectivity index is 1.78. The van der Waals surface area contributed by atoms with Gasteiger partial charge < -0.3 is 15.1 Å². The first-order valence-corrected chi connectivity index (χ1v) is 7.65. The van der Waals surface area contributed by atoms with E-state index in [2.05, 4.69) is 10.00 Å². The van der Waals surface area contributed by atoms with Gasteiger partial charge in [-0.05, 0) is 38.6 Å². The van der Waals surface area contributed by atoms with Crippen LogP contribution in [-0.2, 0) is 6.54 Å². The monoisotopic (exact) mass is 312 g/mol. The average molecular weight is 312 g/mol. The normalized spacial score (nSPS) is 23.6. The van der Waals surface area contributed by atoms with Gasteiger partial charge in [-0.1, -0.05) is 0 Å². The van der Waals surface area contributed by atoms with Crippen LogP contribution in [0.5, 0.6) is 0 Å². The van der Waals surface area contributed by atoms with E-state index >= 15 is 0 Å². The first-order chi connectivity index (χ1) is 10.5. The van der Waals surface area contributed by atoms with E-state index in [0.29, 0.717) is 18.5 Å². The molecule has 1 saturated carbocycles. The molecule has 8 heteroatoms. The number of nitro groups is 1. The van der Waals surface area contributed by atoms with Crippen molar-refractivity contribution in [1.29, 1.82) is 0 Å². The van der Waals surface area contributed by atoms with Gasteiger partial charge in [0.1, 0.15) is 12.4 Å². The smallest absolute Gasteiger partial charge is 0.306 e. The number of aliphatic hydroxyl groups is 2. The molecule has 0 aliphatic heterocycles. The number of hydrogen-bond donors (Lipinski definition) is 2. The van der Waals surface area contributed by atoms with Crippen molar-refractivity contribution in [3.8, 4) is 0 Å². The lowest BCUT2D eigenvalue weighted by Gasteiger charge is -2.35. The minimum atomic E-state index is -0.625. The zero-order valence-electron chi connectivity index (χ0n) is 12.8. The second-order valence-electron chi connectivity index (χ2n) is 6.13. The third kappa shape index (κ3) is 4.49. The fraction of sp³-hybridized carbons (Fsp3) is 0.786. The first kappa shape index (κ1) is 16.9. The summed E-state index contributed by atoms with van der Waals surface area (Å²) in [5.74, 6) is 0.416. The molecule has 0 aromatic carbocycles. The van der Waals surface area contributed by atoms with Gasteiger partial charge in [0, 0.05) is 19.2 Å². The van der Waals surface area contributed by atoms with E-state index in [1.54, 1.807) is 0 Å². The van der Waals surface area contributed by atoms with E-state index in [1.165, 1.54) is 17.1 Å². The van der Waals surface area contributed by atoms with Crippen LogP contribution in [0.4, 0.5) is 5.69 Å². The molecule has 0 saturated heterocycles. The molecule has 1 aliphatic carbocycles. The van der Waals surface area contributed by atoms with E-state index in [-0.39, 0.29) is 18.8 Å². The molecule has 1 atom stereocenters. The lowest BCUT2D eigenvalue weighted by molar-refractivity contribution is -0.385. The summed E-state index contributed by atoms with van der Waals surface area (Å²) in [6.45, 7) is 1.00. The topological polar surface area (TPSA) is 105 Å². The average Bonchev–Trinajstić information content (AvgIpc) is 2.95. The molecule has 0 bridgehead atoms. The first-order valence-electron chi connectivity index (χ1n) is 7.65. The Kier molecular flexibility index (Phi) is 5.87. The summed E-state index contributed by atoms with van der Waals surface area (Å²) >= 11 is 0.